The van der Waals surface area contributed by atoms with Crippen LogP contribution in [0.15, 0.2) is 88.4 Å². The molecule has 4 aromatic heterocycles. The van der Waals surface area contributed by atoms with Crippen molar-refractivity contribution >= 4 is 60.0 Å². The van der Waals surface area contributed by atoms with E-state index in [-0.39, 0.29) is 10.3 Å². The maximum atomic E-state index is 12.8. The van der Waals surface area contributed by atoms with Crippen LogP contribution in [0.5, 0.6) is 0 Å². The highest BCUT2D eigenvalue weighted by molar-refractivity contribution is 7.89. The van der Waals surface area contributed by atoms with E-state index in [0.717, 1.165) is 39.4 Å². The summed E-state index contributed by atoms with van der Waals surface area (Å²) in [5, 5.41) is 12.7. The number of imidazole rings is 1. The number of benzene rings is 2. The van der Waals surface area contributed by atoms with Crippen molar-refractivity contribution in [2.24, 2.45) is 0 Å². The van der Waals surface area contributed by atoms with Crippen LogP contribution in [0.3, 0.4) is 0 Å². The Labute approximate surface area is 269 Å². The van der Waals surface area contributed by atoms with E-state index in [1.54, 1.807) is 36.4 Å². The topological polar surface area (TPSA) is 156 Å². The standard InChI is InChI=1S/C32H32N8O4S2/c1-31(2,3)25-17-27(38-44-25)37-29(41)34-21-11-9-20(10-12-21)23-18-40-24-13-14-26(36-28(24)45-30(40)35-23)33-19-32(15-16-32)39-46(42,43)22-7-5-4-6-8-22/h4-14,17-18,39H,15-16,19H2,1-3H3,(H,33,36)(H2,34,37,38,41). The summed E-state index contributed by atoms with van der Waals surface area (Å²) in [6.45, 7) is 6.46. The predicted octanol–water partition coefficient (Wildman–Crippen LogP) is 6.46. The maximum absolute atomic E-state index is 12.8. The van der Waals surface area contributed by atoms with Gasteiger partial charge < -0.3 is 15.2 Å². The van der Waals surface area contributed by atoms with Gasteiger partial charge in [-0.2, -0.15) is 0 Å². The molecule has 0 radical (unpaired) electrons. The number of anilines is 3. The minimum Gasteiger partial charge on any atom is -0.368 e. The van der Waals surface area contributed by atoms with Crippen LogP contribution in [-0.4, -0.2) is 46.1 Å². The number of fused-ring (bicyclic) bond motifs is 3. The van der Waals surface area contributed by atoms with Crippen LogP contribution in [0, 0.1) is 0 Å². The van der Waals surface area contributed by atoms with E-state index in [1.165, 1.54) is 11.3 Å². The molecule has 2 amide bonds. The van der Waals surface area contributed by atoms with Crippen molar-refractivity contribution in [1.82, 2.24) is 24.2 Å². The lowest BCUT2D eigenvalue weighted by atomic mass is 9.93. The number of rotatable bonds is 9. The third-order valence-electron chi connectivity index (χ3n) is 7.76. The van der Waals surface area contributed by atoms with Crippen molar-refractivity contribution in [3.63, 3.8) is 0 Å². The van der Waals surface area contributed by atoms with Crippen LogP contribution < -0.4 is 20.7 Å². The largest absolute Gasteiger partial charge is 0.368 e. The first-order chi connectivity index (χ1) is 22.0. The SMILES string of the molecule is CC(C)(C)c1cc(NC(=O)Nc2ccc(-c3cn4c(n3)sc3nc(NCC5(NS(=O)(=O)c6ccccc6)CC5)ccc34)cc2)no1. The van der Waals surface area contributed by atoms with Crippen LogP contribution in [0.4, 0.5) is 22.1 Å². The van der Waals surface area contributed by atoms with Gasteiger partial charge in [-0.05, 0) is 49.2 Å². The molecular weight excluding hydrogens is 625 g/mol. The molecule has 0 unspecified atom stereocenters. The predicted molar refractivity (Wildman–Crippen MR) is 179 cm³/mol. The van der Waals surface area contributed by atoms with E-state index in [1.807, 2.05) is 67.8 Å². The molecule has 7 rings (SSSR count). The smallest absolute Gasteiger partial charge is 0.324 e. The molecule has 4 heterocycles. The van der Waals surface area contributed by atoms with Crippen molar-refractivity contribution in [1.29, 1.82) is 0 Å². The summed E-state index contributed by atoms with van der Waals surface area (Å²) in [6, 6.07) is 21.0. The second-order valence-corrected chi connectivity index (χ2v) is 15.1. The monoisotopic (exact) mass is 656 g/mol. The highest BCUT2D eigenvalue weighted by Crippen LogP contribution is 2.37. The highest BCUT2D eigenvalue weighted by atomic mass is 32.2. The Hall–Kier alpha value is -4.79. The van der Waals surface area contributed by atoms with Gasteiger partial charge in [-0.1, -0.05) is 67.6 Å². The van der Waals surface area contributed by atoms with Gasteiger partial charge in [0.2, 0.25) is 10.0 Å². The molecule has 4 N–H and O–H groups in total. The number of sulfonamides is 1. The quantitative estimate of drug-likeness (QED) is 0.138. The number of carbonyl (C=O) groups is 1. The van der Waals surface area contributed by atoms with E-state index in [4.69, 9.17) is 14.5 Å². The van der Waals surface area contributed by atoms with Gasteiger partial charge in [-0.25, -0.2) is 27.9 Å². The van der Waals surface area contributed by atoms with Gasteiger partial charge in [0.1, 0.15) is 16.4 Å². The summed E-state index contributed by atoms with van der Waals surface area (Å²) in [5.41, 5.74) is 2.51. The van der Waals surface area contributed by atoms with E-state index >= 15 is 0 Å². The fraction of sp³-hybridized carbons (Fsp3) is 0.250. The van der Waals surface area contributed by atoms with Crippen molar-refractivity contribution in [3.8, 4) is 11.3 Å². The third kappa shape index (κ3) is 6.18. The van der Waals surface area contributed by atoms with Crippen LogP contribution in [-0.2, 0) is 15.4 Å². The van der Waals surface area contributed by atoms with Gasteiger partial charge >= 0.3 is 6.03 Å². The Morgan fingerprint density at radius 2 is 1.74 bits per heavy atom. The lowest BCUT2D eigenvalue weighted by Crippen LogP contribution is -2.41. The maximum Gasteiger partial charge on any atom is 0.324 e. The number of thiazole rings is 1. The first kappa shape index (κ1) is 29.9. The van der Waals surface area contributed by atoms with Crippen molar-refractivity contribution < 1.29 is 17.7 Å². The molecule has 1 aliphatic rings. The molecular formula is C32H32N8O4S2. The number of nitrogens with one attached hydrogen (secondary N) is 4. The number of aromatic nitrogens is 4. The number of urea groups is 1. The molecule has 0 saturated heterocycles. The van der Waals surface area contributed by atoms with Crippen LogP contribution in [0.1, 0.15) is 39.4 Å². The molecule has 14 heteroatoms. The first-order valence-corrected chi connectivity index (χ1v) is 17.0. The molecule has 6 aromatic rings. The first-order valence-electron chi connectivity index (χ1n) is 14.7. The number of pyridine rings is 1. The van der Waals surface area contributed by atoms with E-state index < -0.39 is 21.6 Å². The molecule has 1 aliphatic carbocycles. The molecule has 0 aliphatic heterocycles. The van der Waals surface area contributed by atoms with Crippen LogP contribution >= 0.6 is 11.3 Å². The van der Waals surface area contributed by atoms with Crippen molar-refractivity contribution in [2.45, 2.75) is 49.5 Å². The zero-order chi connectivity index (χ0) is 32.1. The second-order valence-electron chi connectivity index (χ2n) is 12.4. The average molecular weight is 657 g/mol. The summed E-state index contributed by atoms with van der Waals surface area (Å²) in [5.74, 6) is 1.70. The minimum atomic E-state index is -3.60. The molecule has 2 aromatic carbocycles. The fourth-order valence-electron chi connectivity index (χ4n) is 4.98. The van der Waals surface area contributed by atoms with E-state index in [9.17, 15) is 13.2 Å². The summed E-state index contributed by atoms with van der Waals surface area (Å²) in [4.78, 5) is 23.9. The number of nitrogens with zero attached hydrogens (tertiary/aromatic N) is 4. The number of hydrogen-bond donors (Lipinski definition) is 4. The normalized spacial score (nSPS) is 14.4. The zero-order valence-corrected chi connectivity index (χ0v) is 27.0. The van der Waals surface area contributed by atoms with Crippen molar-refractivity contribution in [3.05, 3.63) is 84.8 Å². The van der Waals surface area contributed by atoms with Crippen LogP contribution in [0.2, 0.25) is 0 Å². The Morgan fingerprint density at radius 1 is 0.978 bits per heavy atom. The fourth-order valence-corrected chi connectivity index (χ4v) is 7.44. The summed E-state index contributed by atoms with van der Waals surface area (Å²) < 4.78 is 35.9. The lowest BCUT2D eigenvalue weighted by molar-refractivity contribution is 0.262. The summed E-state index contributed by atoms with van der Waals surface area (Å²) in [6.07, 6.45) is 3.48. The molecule has 1 saturated carbocycles. The Bertz CT molecular complexity index is 2160. The molecule has 236 valence electrons. The number of carbonyl (C=O) groups excluding carboxylic acids is 1. The van der Waals surface area contributed by atoms with Crippen molar-refractivity contribution in [2.75, 3.05) is 22.5 Å². The average Bonchev–Trinajstić information content (AvgIpc) is 3.32. The Kier molecular flexibility index (Phi) is 7.30. The van der Waals surface area contributed by atoms with Gasteiger partial charge in [-0.3, -0.25) is 9.72 Å². The highest BCUT2D eigenvalue weighted by Gasteiger charge is 2.46. The third-order valence-corrected chi connectivity index (χ3v) is 10.3. The van der Waals surface area contributed by atoms with Gasteiger partial charge in [0.15, 0.2) is 10.8 Å². The molecule has 12 nitrogen and oxygen atoms in total. The van der Waals surface area contributed by atoms with Gasteiger partial charge in [0, 0.05) is 35.5 Å². The number of amides is 2. The molecule has 46 heavy (non-hydrogen) atoms. The minimum absolute atomic E-state index is 0.209. The summed E-state index contributed by atoms with van der Waals surface area (Å²) >= 11 is 1.47. The molecule has 1 fully saturated rings. The van der Waals surface area contributed by atoms with Gasteiger partial charge in [-0.15, -0.1) is 0 Å². The molecule has 0 spiro atoms. The van der Waals surface area contributed by atoms with E-state index in [0.29, 0.717) is 29.6 Å². The molecule has 0 atom stereocenters. The van der Waals surface area contributed by atoms with E-state index in [2.05, 4.69) is 25.8 Å². The summed E-state index contributed by atoms with van der Waals surface area (Å²) in [7, 11) is -3.60. The van der Waals surface area contributed by atoms with Gasteiger partial charge in [0.05, 0.1) is 21.6 Å². The Balaban J connectivity index is 0.990. The van der Waals surface area contributed by atoms with Crippen LogP contribution in [0.25, 0.3) is 26.6 Å². The Morgan fingerprint density at radius 3 is 2.43 bits per heavy atom. The lowest BCUT2D eigenvalue weighted by Gasteiger charge is -2.18. The second kappa shape index (κ2) is 11.2. The van der Waals surface area contributed by atoms with Gasteiger partial charge in [0.25, 0.3) is 0 Å². The zero-order valence-electron chi connectivity index (χ0n) is 25.4. The number of hydrogen-bond acceptors (Lipinski definition) is 9. The molecule has 0 bridgehead atoms.